The standard InChI is InChI=1S/C13H10BrN5OS/c14-10-6-16-13(21-10)18-12(20)8-5-11(19-15)17-9-4-2-1-3-7(8)9/h1-6H,15H2,(H,17,19)(H,16,18,20). The number of rotatable bonds is 3. The minimum absolute atomic E-state index is 0.257. The summed E-state index contributed by atoms with van der Waals surface area (Å²) in [5.74, 6) is 5.58. The van der Waals surface area contributed by atoms with Crippen LogP contribution in [0, 0.1) is 0 Å². The average Bonchev–Trinajstić information content (AvgIpc) is 2.91. The lowest BCUT2D eigenvalue weighted by molar-refractivity contribution is 0.102. The number of nitrogens with zero attached hydrogens (tertiary/aromatic N) is 2. The molecule has 6 nitrogen and oxygen atoms in total. The van der Waals surface area contributed by atoms with Gasteiger partial charge in [0.1, 0.15) is 5.82 Å². The number of carbonyl (C=O) groups excluding carboxylic acids is 1. The summed E-state index contributed by atoms with van der Waals surface area (Å²) in [4.78, 5) is 20.8. The normalized spacial score (nSPS) is 10.6. The molecule has 0 aliphatic carbocycles. The molecule has 0 bridgehead atoms. The highest BCUT2D eigenvalue weighted by atomic mass is 79.9. The summed E-state index contributed by atoms with van der Waals surface area (Å²) in [5, 5.41) is 4.04. The fraction of sp³-hybridized carbons (Fsp3) is 0. The van der Waals surface area contributed by atoms with Crippen LogP contribution in [0.2, 0.25) is 0 Å². The number of hydrogen-bond donors (Lipinski definition) is 3. The Balaban J connectivity index is 2.03. The molecule has 0 unspecified atom stereocenters. The molecule has 1 amide bonds. The highest BCUT2D eigenvalue weighted by Crippen LogP contribution is 2.25. The van der Waals surface area contributed by atoms with Crippen molar-refractivity contribution in [2.75, 3.05) is 10.7 Å². The summed E-state index contributed by atoms with van der Waals surface area (Å²) < 4.78 is 0.849. The predicted octanol–water partition coefficient (Wildman–Crippen LogP) is 2.99. The molecule has 4 N–H and O–H groups in total. The Morgan fingerprint density at radius 2 is 2.14 bits per heavy atom. The van der Waals surface area contributed by atoms with Crippen LogP contribution in [0.15, 0.2) is 40.3 Å². The van der Waals surface area contributed by atoms with Gasteiger partial charge in [0.05, 0.1) is 21.1 Å². The molecule has 0 aliphatic heterocycles. The van der Waals surface area contributed by atoms with Crippen molar-refractivity contribution in [3.8, 4) is 0 Å². The molecule has 0 saturated heterocycles. The first kappa shape index (κ1) is 13.9. The number of hydrogen-bond acceptors (Lipinski definition) is 6. The number of hydrazine groups is 1. The van der Waals surface area contributed by atoms with Gasteiger partial charge in [-0.2, -0.15) is 0 Å². The maximum absolute atomic E-state index is 12.4. The molecule has 3 rings (SSSR count). The first-order valence-electron chi connectivity index (χ1n) is 5.96. The molecule has 106 valence electrons. The largest absolute Gasteiger partial charge is 0.308 e. The quantitative estimate of drug-likeness (QED) is 0.491. The molecule has 2 heterocycles. The van der Waals surface area contributed by atoms with Crippen molar-refractivity contribution in [1.29, 1.82) is 0 Å². The monoisotopic (exact) mass is 363 g/mol. The molecule has 0 fully saturated rings. The van der Waals surface area contributed by atoms with Crippen LogP contribution in [0.5, 0.6) is 0 Å². The fourth-order valence-electron chi connectivity index (χ4n) is 1.91. The van der Waals surface area contributed by atoms with Crippen molar-refractivity contribution >= 4 is 55.0 Å². The van der Waals surface area contributed by atoms with E-state index in [1.54, 1.807) is 12.3 Å². The van der Waals surface area contributed by atoms with Crippen molar-refractivity contribution in [1.82, 2.24) is 9.97 Å². The van der Waals surface area contributed by atoms with Gasteiger partial charge in [-0.15, -0.1) is 0 Å². The molecular weight excluding hydrogens is 354 g/mol. The van der Waals surface area contributed by atoms with Crippen molar-refractivity contribution < 1.29 is 4.79 Å². The van der Waals surface area contributed by atoms with Gasteiger partial charge in [-0.25, -0.2) is 15.8 Å². The zero-order valence-electron chi connectivity index (χ0n) is 10.6. The van der Waals surface area contributed by atoms with Crippen LogP contribution in [0.1, 0.15) is 10.4 Å². The van der Waals surface area contributed by atoms with E-state index in [9.17, 15) is 4.79 Å². The molecular formula is C13H10BrN5OS. The van der Waals surface area contributed by atoms with Gasteiger partial charge in [-0.1, -0.05) is 29.5 Å². The number of nitrogens with one attached hydrogen (secondary N) is 2. The van der Waals surface area contributed by atoms with Gasteiger partial charge in [-0.3, -0.25) is 10.1 Å². The van der Waals surface area contributed by atoms with E-state index in [2.05, 4.69) is 36.6 Å². The summed E-state index contributed by atoms with van der Waals surface area (Å²) in [5.41, 5.74) is 3.65. The van der Waals surface area contributed by atoms with Gasteiger partial charge in [-0.05, 0) is 28.1 Å². The molecule has 1 aromatic carbocycles. The van der Waals surface area contributed by atoms with Crippen LogP contribution < -0.4 is 16.6 Å². The van der Waals surface area contributed by atoms with Gasteiger partial charge in [0.2, 0.25) is 0 Å². The zero-order chi connectivity index (χ0) is 14.8. The Hall–Kier alpha value is -2.03. The maximum Gasteiger partial charge on any atom is 0.258 e. The third-order valence-electron chi connectivity index (χ3n) is 2.81. The topological polar surface area (TPSA) is 92.9 Å². The third kappa shape index (κ3) is 2.87. The number of benzene rings is 1. The number of para-hydroxylation sites is 1. The number of halogens is 1. The Kier molecular flexibility index (Phi) is 3.82. The van der Waals surface area contributed by atoms with E-state index in [1.165, 1.54) is 11.3 Å². The molecule has 0 radical (unpaired) electrons. The van der Waals surface area contributed by atoms with Crippen LogP contribution in [-0.2, 0) is 0 Å². The van der Waals surface area contributed by atoms with Crippen LogP contribution >= 0.6 is 27.3 Å². The Morgan fingerprint density at radius 1 is 1.33 bits per heavy atom. The average molecular weight is 364 g/mol. The van der Waals surface area contributed by atoms with Crippen LogP contribution in [0.3, 0.4) is 0 Å². The smallest absolute Gasteiger partial charge is 0.258 e. The minimum Gasteiger partial charge on any atom is -0.308 e. The third-order valence-corrected chi connectivity index (χ3v) is 4.20. The first-order valence-corrected chi connectivity index (χ1v) is 7.57. The number of aromatic nitrogens is 2. The lowest BCUT2D eigenvalue weighted by Gasteiger charge is -2.08. The second kappa shape index (κ2) is 5.76. The van der Waals surface area contributed by atoms with Crippen molar-refractivity contribution in [2.45, 2.75) is 0 Å². The molecule has 0 spiro atoms. The SMILES string of the molecule is NNc1cc(C(=O)Nc2ncc(Br)s2)c2ccccc2n1. The van der Waals surface area contributed by atoms with Crippen molar-refractivity contribution in [3.05, 3.63) is 45.9 Å². The summed E-state index contributed by atoms with van der Waals surface area (Å²) >= 11 is 4.65. The highest BCUT2D eigenvalue weighted by Gasteiger charge is 2.14. The summed E-state index contributed by atoms with van der Waals surface area (Å²) in [6.45, 7) is 0. The number of nitrogens with two attached hydrogens (primary N) is 1. The van der Waals surface area contributed by atoms with Crippen molar-refractivity contribution in [2.24, 2.45) is 5.84 Å². The molecule has 2 aromatic heterocycles. The molecule has 3 aromatic rings. The Labute approximate surface area is 132 Å². The predicted molar refractivity (Wildman–Crippen MR) is 87.3 cm³/mol. The molecule has 8 heteroatoms. The number of pyridine rings is 1. The van der Waals surface area contributed by atoms with Gasteiger partial charge in [0, 0.05) is 5.39 Å². The number of nitrogen functional groups attached to an aromatic ring is 1. The van der Waals surface area contributed by atoms with E-state index in [4.69, 9.17) is 5.84 Å². The highest BCUT2D eigenvalue weighted by molar-refractivity contribution is 9.11. The number of amides is 1. The summed E-state index contributed by atoms with van der Waals surface area (Å²) in [6, 6.07) is 8.99. The maximum atomic E-state index is 12.4. The number of anilines is 2. The van der Waals surface area contributed by atoms with E-state index in [-0.39, 0.29) is 5.91 Å². The Bertz CT molecular complexity index is 819. The van der Waals surface area contributed by atoms with E-state index in [1.807, 2.05) is 24.3 Å². The van der Waals surface area contributed by atoms with Crippen molar-refractivity contribution in [3.63, 3.8) is 0 Å². The van der Waals surface area contributed by atoms with Gasteiger partial charge >= 0.3 is 0 Å². The second-order valence-electron chi connectivity index (χ2n) is 4.14. The first-order chi connectivity index (χ1) is 10.2. The van der Waals surface area contributed by atoms with Gasteiger partial charge < -0.3 is 5.43 Å². The summed E-state index contributed by atoms with van der Waals surface area (Å²) in [7, 11) is 0. The van der Waals surface area contributed by atoms with Crippen LogP contribution in [0.25, 0.3) is 10.9 Å². The molecule has 0 atom stereocenters. The number of fused-ring (bicyclic) bond motifs is 1. The van der Waals surface area contributed by atoms with Gasteiger partial charge in [0.15, 0.2) is 5.13 Å². The van der Waals surface area contributed by atoms with E-state index >= 15 is 0 Å². The molecule has 0 saturated carbocycles. The second-order valence-corrected chi connectivity index (χ2v) is 6.55. The van der Waals surface area contributed by atoms with E-state index in [0.29, 0.717) is 22.0 Å². The van der Waals surface area contributed by atoms with E-state index in [0.717, 1.165) is 9.17 Å². The molecule has 21 heavy (non-hydrogen) atoms. The van der Waals surface area contributed by atoms with E-state index < -0.39 is 0 Å². The van der Waals surface area contributed by atoms with Crippen LogP contribution in [0.4, 0.5) is 10.9 Å². The summed E-state index contributed by atoms with van der Waals surface area (Å²) in [6.07, 6.45) is 1.64. The van der Waals surface area contributed by atoms with Crippen LogP contribution in [-0.4, -0.2) is 15.9 Å². The Morgan fingerprint density at radius 3 is 2.86 bits per heavy atom. The lowest BCUT2D eigenvalue weighted by atomic mass is 10.1. The minimum atomic E-state index is -0.257. The number of thiazole rings is 1. The fourth-order valence-corrected chi connectivity index (χ4v) is 3.02. The van der Waals surface area contributed by atoms with Gasteiger partial charge in [0.25, 0.3) is 5.91 Å². The zero-order valence-corrected chi connectivity index (χ0v) is 13.0. The molecule has 0 aliphatic rings. The lowest BCUT2D eigenvalue weighted by Crippen LogP contribution is -2.15. The number of carbonyl (C=O) groups is 1.